The van der Waals surface area contributed by atoms with Crippen LogP contribution in [-0.2, 0) is 9.59 Å². The lowest BCUT2D eigenvalue weighted by Crippen LogP contribution is -2.55. The van der Waals surface area contributed by atoms with E-state index >= 15 is 0 Å². The number of piperazine rings is 1. The highest BCUT2D eigenvalue weighted by Crippen LogP contribution is 2.08. The van der Waals surface area contributed by atoms with Gasteiger partial charge in [0.1, 0.15) is 6.04 Å². The molecule has 0 radical (unpaired) electrons. The number of nitrogens with zero attached hydrogens (tertiary/aromatic N) is 1. The third-order valence-electron chi connectivity index (χ3n) is 3.40. The van der Waals surface area contributed by atoms with Crippen LogP contribution in [0.15, 0.2) is 30.3 Å². The molecule has 1 atom stereocenters. The van der Waals surface area contributed by atoms with E-state index in [1.54, 1.807) is 37.3 Å². The second-order valence-electron chi connectivity index (χ2n) is 4.82. The maximum atomic E-state index is 12.1. The van der Waals surface area contributed by atoms with Crippen molar-refractivity contribution >= 4 is 23.8 Å². The number of hydrogen-bond donors (Lipinski definition) is 2. The van der Waals surface area contributed by atoms with Gasteiger partial charge in [-0.25, -0.2) is 0 Å². The van der Waals surface area contributed by atoms with Crippen LogP contribution in [-0.4, -0.2) is 41.8 Å². The predicted molar refractivity (Wildman–Crippen MR) is 78.2 cm³/mol. The van der Waals surface area contributed by atoms with Crippen molar-refractivity contribution in [2.24, 2.45) is 5.73 Å². The summed E-state index contributed by atoms with van der Waals surface area (Å²) in [5, 5.41) is 2.71. The lowest BCUT2D eigenvalue weighted by molar-refractivity contribution is -0.139. The normalized spacial score (nSPS) is 18.6. The van der Waals surface area contributed by atoms with Gasteiger partial charge in [0.15, 0.2) is 0 Å². The molecular formula is C15H17N3O3. The van der Waals surface area contributed by atoms with Crippen LogP contribution < -0.4 is 11.1 Å². The first kappa shape index (κ1) is 14.8. The van der Waals surface area contributed by atoms with Crippen LogP contribution in [0.2, 0.25) is 0 Å². The van der Waals surface area contributed by atoms with Crippen molar-refractivity contribution in [3.8, 4) is 0 Å². The molecule has 1 fully saturated rings. The molecule has 110 valence electrons. The van der Waals surface area contributed by atoms with E-state index in [1.165, 1.54) is 11.0 Å². The first-order chi connectivity index (χ1) is 9.99. The Bertz CT molecular complexity index is 593. The van der Waals surface area contributed by atoms with Crippen molar-refractivity contribution in [3.05, 3.63) is 41.5 Å². The molecule has 1 aromatic rings. The van der Waals surface area contributed by atoms with Crippen molar-refractivity contribution in [3.63, 3.8) is 0 Å². The van der Waals surface area contributed by atoms with Gasteiger partial charge in [-0.2, -0.15) is 0 Å². The molecule has 1 saturated heterocycles. The van der Waals surface area contributed by atoms with Gasteiger partial charge in [0.05, 0.1) is 0 Å². The van der Waals surface area contributed by atoms with E-state index < -0.39 is 11.9 Å². The van der Waals surface area contributed by atoms with Crippen molar-refractivity contribution < 1.29 is 14.4 Å². The predicted octanol–water partition coefficient (Wildman–Crippen LogP) is 0.146. The summed E-state index contributed by atoms with van der Waals surface area (Å²) < 4.78 is 0. The van der Waals surface area contributed by atoms with Gasteiger partial charge < -0.3 is 16.0 Å². The molecule has 1 aliphatic rings. The fourth-order valence-corrected chi connectivity index (χ4v) is 2.11. The molecule has 1 unspecified atom stereocenters. The maximum Gasteiger partial charge on any atom is 0.248 e. The third-order valence-corrected chi connectivity index (χ3v) is 3.40. The van der Waals surface area contributed by atoms with Crippen LogP contribution in [0, 0.1) is 0 Å². The lowest BCUT2D eigenvalue weighted by Gasteiger charge is -2.31. The molecule has 1 aromatic carbocycles. The van der Waals surface area contributed by atoms with Crippen LogP contribution >= 0.6 is 0 Å². The Kier molecular flexibility index (Phi) is 4.37. The highest BCUT2D eigenvalue weighted by atomic mass is 16.2. The minimum Gasteiger partial charge on any atom is -0.366 e. The van der Waals surface area contributed by atoms with Crippen molar-refractivity contribution in [2.45, 2.75) is 13.0 Å². The van der Waals surface area contributed by atoms with Gasteiger partial charge in [-0.15, -0.1) is 0 Å². The Morgan fingerprint density at radius 1 is 1.33 bits per heavy atom. The minimum atomic E-state index is -0.491. The molecule has 0 aliphatic carbocycles. The summed E-state index contributed by atoms with van der Waals surface area (Å²) in [6, 6.07) is 6.15. The summed E-state index contributed by atoms with van der Waals surface area (Å²) in [5.41, 5.74) is 6.35. The van der Waals surface area contributed by atoms with Crippen molar-refractivity contribution in [2.75, 3.05) is 13.1 Å². The molecule has 3 amide bonds. The summed E-state index contributed by atoms with van der Waals surface area (Å²) in [4.78, 5) is 36.1. The summed E-state index contributed by atoms with van der Waals surface area (Å²) in [7, 11) is 0. The highest BCUT2D eigenvalue weighted by molar-refractivity contribution is 5.96. The zero-order valence-corrected chi connectivity index (χ0v) is 11.7. The molecule has 1 aliphatic heterocycles. The van der Waals surface area contributed by atoms with Crippen molar-refractivity contribution in [1.29, 1.82) is 0 Å². The van der Waals surface area contributed by atoms with Gasteiger partial charge in [0.25, 0.3) is 0 Å². The zero-order chi connectivity index (χ0) is 15.4. The Balaban J connectivity index is 2.04. The molecule has 0 saturated carbocycles. The number of amides is 3. The van der Waals surface area contributed by atoms with Crippen LogP contribution in [0.1, 0.15) is 22.8 Å². The van der Waals surface area contributed by atoms with E-state index in [9.17, 15) is 14.4 Å². The van der Waals surface area contributed by atoms with Crippen LogP contribution in [0.25, 0.3) is 6.08 Å². The summed E-state index contributed by atoms with van der Waals surface area (Å²) in [6.45, 7) is 2.66. The zero-order valence-electron chi connectivity index (χ0n) is 11.7. The lowest BCUT2D eigenvalue weighted by atomic mass is 10.1. The Morgan fingerprint density at radius 3 is 2.62 bits per heavy atom. The van der Waals surface area contributed by atoms with Gasteiger partial charge >= 0.3 is 0 Å². The molecular weight excluding hydrogens is 270 g/mol. The number of benzene rings is 1. The van der Waals surface area contributed by atoms with E-state index in [0.717, 1.165) is 5.56 Å². The van der Waals surface area contributed by atoms with E-state index in [0.29, 0.717) is 18.7 Å². The quantitative estimate of drug-likeness (QED) is 0.775. The smallest absolute Gasteiger partial charge is 0.248 e. The Labute approximate surface area is 122 Å². The SMILES string of the molecule is CC1C(=O)NCCN1C(=O)C=Cc1ccc(C(N)=O)cc1. The van der Waals surface area contributed by atoms with Crippen molar-refractivity contribution in [1.82, 2.24) is 10.2 Å². The fraction of sp³-hybridized carbons (Fsp3) is 0.267. The van der Waals surface area contributed by atoms with Crippen LogP contribution in [0.4, 0.5) is 0 Å². The fourth-order valence-electron chi connectivity index (χ4n) is 2.11. The minimum absolute atomic E-state index is 0.145. The third kappa shape index (κ3) is 3.47. The van der Waals surface area contributed by atoms with Gasteiger partial charge in [-0.3, -0.25) is 14.4 Å². The summed E-state index contributed by atoms with van der Waals surface area (Å²) in [5.74, 6) is -0.847. The average Bonchev–Trinajstić information content (AvgIpc) is 2.48. The average molecular weight is 287 g/mol. The number of primary amides is 1. The molecule has 21 heavy (non-hydrogen) atoms. The largest absolute Gasteiger partial charge is 0.366 e. The standard InChI is InChI=1S/C15H17N3O3/c1-10-15(21)17-8-9-18(10)13(19)7-4-11-2-5-12(6-3-11)14(16)20/h2-7,10H,8-9H2,1H3,(H2,16,20)(H,17,21). The topological polar surface area (TPSA) is 92.5 Å². The molecule has 6 nitrogen and oxygen atoms in total. The number of carbonyl (C=O) groups excluding carboxylic acids is 3. The van der Waals surface area contributed by atoms with Gasteiger partial charge in [-0.05, 0) is 30.7 Å². The van der Waals surface area contributed by atoms with Crippen LogP contribution in [0.3, 0.4) is 0 Å². The van der Waals surface area contributed by atoms with E-state index in [4.69, 9.17) is 5.73 Å². The van der Waals surface area contributed by atoms with Gasteiger partial charge in [0.2, 0.25) is 17.7 Å². The first-order valence-corrected chi connectivity index (χ1v) is 6.65. The van der Waals surface area contributed by atoms with Gasteiger partial charge in [-0.1, -0.05) is 12.1 Å². The number of carbonyl (C=O) groups is 3. The van der Waals surface area contributed by atoms with E-state index in [1.807, 2.05) is 0 Å². The molecule has 0 bridgehead atoms. The molecule has 2 rings (SSSR count). The number of nitrogens with two attached hydrogens (primary N) is 1. The van der Waals surface area contributed by atoms with Crippen LogP contribution in [0.5, 0.6) is 0 Å². The Morgan fingerprint density at radius 2 is 2.00 bits per heavy atom. The number of rotatable bonds is 3. The molecule has 3 N–H and O–H groups in total. The number of nitrogens with one attached hydrogen (secondary N) is 1. The monoisotopic (exact) mass is 287 g/mol. The first-order valence-electron chi connectivity index (χ1n) is 6.65. The van der Waals surface area contributed by atoms with E-state index in [2.05, 4.69) is 5.32 Å². The molecule has 0 spiro atoms. The molecule has 0 aromatic heterocycles. The van der Waals surface area contributed by atoms with Gasteiger partial charge in [0, 0.05) is 24.7 Å². The number of hydrogen-bond acceptors (Lipinski definition) is 3. The molecule has 6 heteroatoms. The highest BCUT2D eigenvalue weighted by Gasteiger charge is 2.27. The second-order valence-corrected chi connectivity index (χ2v) is 4.82. The Hall–Kier alpha value is -2.63. The van der Waals surface area contributed by atoms with E-state index in [-0.39, 0.29) is 11.8 Å². The second kappa shape index (κ2) is 6.21. The summed E-state index contributed by atoms with van der Waals surface area (Å²) in [6.07, 6.45) is 3.07. The maximum absolute atomic E-state index is 12.1. The summed E-state index contributed by atoms with van der Waals surface area (Å²) >= 11 is 0. The molecule has 1 heterocycles.